The summed E-state index contributed by atoms with van der Waals surface area (Å²) < 4.78 is 6.25. The van der Waals surface area contributed by atoms with Crippen LogP contribution in [0.3, 0.4) is 0 Å². The van der Waals surface area contributed by atoms with Crippen molar-refractivity contribution in [2.45, 2.75) is 13.8 Å². The van der Waals surface area contributed by atoms with Gasteiger partial charge in [-0.3, -0.25) is 0 Å². The van der Waals surface area contributed by atoms with Crippen molar-refractivity contribution in [3.8, 4) is 11.6 Å². The van der Waals surface area contributed by atoms with E-state index < -0.39 is 0 Å². The lowest BCUT2D eigenvalue weighted by Crippen LogP contribution is -1.93. The van der Waals surface area contributed by atoms with Gasteiger partial charge in [-0.1, -0.05) is 0 Å². The van der Waals surface area contributed by atoms with Crippen LogP contribution in [0.25, 0.3) is 0 Å². The van der Waals surface area contributed by atoms with Gasteiger partial charge in [0.2, 0.25) is 5.88 Å². The van der Waals surface area contributed by atoms with Gasteiger partial charge in [0.15, 0.2) is 5.75 Å². The fourth-order valence-electron chi connectivity index (χ4n) is 1.19. The summed E-state index contributed by atoms with van der Waals surface area (Å²) in [6, 6.07) is 5.50. The molecule has 0 atom stereocenters. The molecular weight excluding hydrogens is 270 g/mol. The molecule has 2 rings (SSSR count). The van der Waals surface area contributed by atoms with Gasteiger partial charge in [0, 0.05) is 17.5 Å². The van der Waals surface area contributed by atoms with Crippen LogP contribution in [-0.2, 0) is 0 Å². The normalized spacial score (nSPS) is 10.2. The second-order valence-electron chi connectivity index (χ2n) is 3.34. The van der Waals surface area contributed by atoms with Gasteiger partial charge in [-0.05, 0) is 41.9 Å². The number of nitrogens with zero attached hydrogens (tertiary/aromatic N) is 3. The van der Waals surface area contributed by atoms with Crippen LogP contribution < -0.4 is 4.74 Å². The zero-order chi connectivity index (χ0) is 11.5. The Kier molecular flexibility index (Phi) is 3.14. The molecule has 4 nitrogen and oxygen atoms in total. The van der Waals surface area contributed by atoms with Crippen LogP contribution in [0.4, 0.5) is 0 Å². The van der Waals surface area contributed by atoms with Crippen LogP contribution in [0.2, 0.25) is 0 Å². The third-order valence-electron chi connectivity index (χ3n) is 1.95. The summed E-state index contributed by atoms with van der Waals surface area (Å²) in [5, 5.41) is 0. The van der Waals surface area contributed by atoms with Crippen molar-refractivity contribution in [2.24, 2.45) is 0 Å². The van der Waals surface area contributed by atoms with Crippen molar-refractivity contribution < 1.29 is 4.74 Å². The quantitative estimate of drug-likeness (QED) is 0.793. The first-order chi connectivity index (χ1) is 7.65. The molecule has 0 amide bonds. The lowest BCUT2D eigenvalue weighted by Gasteiger charge is -2.06. The second kappa shape index (κ2) is 4.57. The molecule has 0 aliphatic carbocycles. The number of aromatic nitrogens is 3. The summed E-state index contributed by atoms with van der Waals surface area (Å²) in [6.45, 7) is 3.81. The van der Waals surface area contributed by atoms with Gasteiger partial charge in [-0.15, -0.1) is 0 Å². The SMILES string of the molecule is Cc1cc(Oc2ccc(C)nc2Br)ncn1. The Bertz CT molecular complexity index is 516. The smallest absolute Gasteiger partial charge is 0.222 e. The third kappa shape index (κ3) is 2.55. The van der Waals surface area contributed by atoms with E-state index in [1.165, 1.54) is 6.33 Å². The first-order valence-electron chi connectivity index (χ1n) is 4.75. The highest BCUT2D eigenvalue weighted by molar-refractivity contribution is 9.10. The van der Waals surface area contributed by atoms with Gasteiger partial charge in [-0.2, -0.15) is 0 Å². The molecular formula is C11H10BrN3O. The summed E-state index contributed by atoms with van der Waals surface area (Å²) in [4.78, 5) is 12.3. The molecule has 82 valence electrons. The zero-order valence-corrected chi connectivity index (χ0v) is 10.5. The van der Waals surface area contributed by atoms with Gasteiger partial charge in [0.25, 0.3) is 0 Å². The van der Waals surface area contributed by atoms with Crippen LogP contribution in [0.15, 0.2) is 29.1 Å². The zero-order valence-electron chi connectivity index (χ0n) is 8.94. The Balaban J connectivity index is 2.27. The minimum Gasteiger partial charge on any atom is -0.436 e. The molecule has 0 fully saturated rings. The minimum absolute atomic E-state index is 0.513. The Morgan fingerprint density at radius 3 is 2.62 bits per heavy atom. The van der Waals surface area contributed by atoms with Crippen molar-refractivity contribution in [2.75, 3.05) is 0 Å². The van der Waals surface area contributed by atoms with Gasteiger partial charge < -0.3 is 4.74 Å². The first kappa shape index (κ1) is 11.0. The lowest BCUT2D eigenvalue weighted by molar-refractivity contribution is 0.455. The number of ether oxygens (including phenoxy) is 1. The van der Waals surface area contributed by atoms with E-state index in [9.17, 15) is 0 Å². The topological polar surface area (TPSA) is 47.9 Å². The van der Waals surface area contributed by atoms with Crippen LogP contribution in [0, 0.1) is 13.8 Å². The molecule has 2 aromatic heterocycles. The van der Waals surface area contributed by atoms with E-state index in [1.807, 2.05) is 26.0 Å². The Morgan fingerprint density at radius 1 is 1.12 bits per heavy atom. The number of rotatable bonds is 2. The van der Waals surface area contributed by atoms with Crippen LogP contribution >= 0.6 is 15.9 Å². The molecule has 0 radical (unpaired) electrons. The van der Waals surface area contributed by atoms with Crippen molar-refractivity contribution in [3.05, 3.63) is 40.5 Å². The molecule has 5 heteroatoms. The number of halogens is 1. The minimum atomic E-state index is 0.513. The van der Waals surface area contributed by atoms with E-state index in [4.69, 9.17) is 4.74 Å². The highest BCUT2D eigenvalue weighted by Crippen LogP contribution is 2.26. The lowest BCUT2D eigenvalue weighted by atomic mass is 10.4. The average Bonchev–Trinajstić information content (AvgIpc) is 2.22. The average molecular weight is 280 g/mol. The molecule has 16 heavy (non-hydrogen) atoms. The summed E-state index contributed by atoms with van der Waals surface area (Å²) >= 11 is 3.34. The maximum atomic E-state index is 5.58. The molecule has 0 bridgehead atoms. The number of hydrogen-bond donors (Lipinski definition) is 0. The molecule has 2 heterocycles. The molecule has 0 aliphatic heterocycles. The molecule has 2 aromatic rings. The highest BCUT2D eigenvalue weighted by atomic mass is 79.9. The molecule has 0 saturated carbocycles. The predicted octanol–water partition coefficient (Wildman–Crippen LogP) is 3.04. The Morgan fingerprint density at radius 2 is 1.94 bits per heavy atom. The molecule has 0 unspecified atom stereocenters. The van der Waals surface area contributed by atoms with E-state index in [1.54, 1.807) is 6.07 Å². The fourth-order valence-corrected chi connectivity index (χ4v) is 1.68. The standard InChI is InChI=1S/C11H10BrN3O/c1-7-3-4-9(11(12)15-7)16-10-5-8(2)13-6-14-10/h3-6H,1-2H3. The largest absolute Gasteiger partial charge is 0.436 e. The van der Waals surface area contributed by atoms with Gasteiger partial charge >= 0.3 is 0 Å². The maximum absolute atomic E-state index is 5.58. The van der Waals surface area contributed by atoms with E-state index in [0.29, 0.717) is 16.2 Å². The first-order valence-corrected chi connectivity index (χ1v) is 5.54. The second-order valence-corrected chi connectivity index (χ2v) is 4.09. The Labute approximate surface area is 102 Å². The van der Waals surface area contributed by atoms with Crippen molar-refractivity contribution >= 4 is 15.9 Å². The molecule has 0 aromatic carbocycles. The summed E-state index contributed by atoms with van der Waals surface area (Å²) in [5.41, 5.74) is 1.79. The van der Waals surface area contributed by atoms with Gasteiger partial charge in [-0.25, -0.2) is 15.0 Å². The number of hydrogen-bond acceptors (Lipinski definition) is 4. The summed E-state index contributed by atoms with van der Waals surface area (Å²) in [6.07, 6.45) is 1.47. The molecule has 0 saturated heterocycles. The van der Waals surface area contributed by atoms with Gasteiger partial charge in [0.05, 0.1) is 0 Å². The van der Waals surface area contributed by atoms with Crippen molar-refractivity contribution in [3.63, 3.8) is 0 Å². The van der Waals surface area contributed by atoms with Crippen LogP contribution in [0.1, 0.15) is 11.4 Å². The summed E-state index contributed by atoms with van der Waals surface area (Å²) in [5.74, 6) is 1.16. The third-order valence-corrected chi connectivity index (χ3v) is 2.52. The van der Waals surface area contributed by atoms with Crippen molar-refractivity contribution in [1.29, 1.82) is 0 Å². The monoisotopic (exact) mass is 279 g/mol. The van der Waals surface area contributed by atoms with E-state index in [-0.39, 0.29) is 0 Å². The fraction of sp³-hybridized carbons (Fsp3) is 0.182. The molecule has 0 N–H and O–H groups in total. The van der Waals surface area contributed by atoms with E-state index in [0.717, 1.165) is 11.4 Å². The Hall–Kier alpha value is -1.49. The number of pyridine rings is 1. The highest BCUT2D eigenvalue weighted by Gasteiger charge is 2.05. The van der Waals surface area contributed by atoms with Crippen molar-refractivity contribution in [1.82, 2.24) is 15.0 Å². The number of aryl methyl sites for hydroxylation is 2. The van der Waals surface area contributed by atoms with Crippen LogP contribution in [-0.4, -0.2) is 15.0 Å². The molecule has 0 aliphatic rings. The van der Waals surface area contributed by atoms with Gasteiger partial charge in [0.1, 0.15) is 10.9 Å². The van der Waals surface area contributed by atoms with E-state index >= 15 is 0 Å². The van der Waals surface area contributed by atoms with Crippen LogP contribution in [0.5, 0.6) is 11.6 Å². The van der Waals surface area contributed by atoms with E-state index in [2.05, 4.69) is 30.9 Å². The maximum Gasteiger partial charge on any atom is 0.222 e. The molecule has 0 spiro atoms. The summed E-state index contributed by atoms with van der Waals surface area (Å²) in [7, 11) is 0. The predicted molar refractivity (Wildman–Crippen MR) is 63.5 cm³/mol.